The Kier molecular flexibility index (Phi) is 6.95. The Morgan fingerprint density at radius 3 is 2.80 bits per heavy atom. The number of hydrogen-bond acceptors (Lipinski definition) is 5. The predicted molar refractivity (Wildman–Crippen MR) is 84.5 cm³/mol. The molecular formula is C14H26N4OS. The highest BCUT2D eigenvalue weighted by molar-refractivity contribution is 7.09. The Morgan fingerprint density at radius 2 is 2.20 bits per heavy atom. The van der Waals surface area contributed by atoms with Gasteiger partial charge in [0.2, 0.25) is 0 Å². The van der Waals surface area contributed by atoms with E-state index in [0.29, 0.717) is 5.84 Å². The van der Waals surface area contributed by atoms with Crippen LogP contribution in [-0.4, -0.2) is 29.1 Å². The zero-order chi connectivity index (χ0) is 15.0. The minimum Gasteiger partial charge on any atom is -0.409 e. The maximum atomic E-state index is 8.70. The van der Waals surface area contributed by atoms with Gasteiger partial charge in [0.05, 0.1) is 10.7 Å². The molecule has 1 heterocycles. The number of amidine groups is 1. The van der Waals surface area contributed by atoms with Crippen molar-refractivity contribution in [3.8, 4) is 0 Å². The Morgan fingerprint density at radius 1 is 1.45 bits per heavy atom. The summed E-state index contributed by atoms with van der Waals surface area (Å²) in [6.07, 6.45) is 4.07. The molecule has 0 unspecified atom stereocenters. The van der Waals surface area contributed by atoms with Crippen molar-refractivity contribution in [1.82, 2.24) is 10.3 Å². The van der Waals surface area contributed by atoms with Crippen LogP contribution < -0.4 is 11.1 Å². The molecule has 4 N–H and O–H groups in total. The summed E-state index contributed by atoms with van der Waals surface area (Å²) in [4.78, 5) is 4.43. The van der Waals surface area contributed by atoms with Crippen molar-refractivity contribution in [2.45, 2.75) is 46.5 Å². The Balaban J connectivity index is 2.05. The van der Waals surface area contributed by atoms with Crippen molar-refractivity contribution in [2.24, 2.45) is 16.3 Å². The number of unbranched alkanes of at least 4 members (excludes halogenated alkanes) is 1. The van der Waals surface area contributed by atoms with Crippen LogP contribution in [0.15, 0.2) is 10.5 Å². The fourth-order valence-electron chi connectivity index (χ4n) is 1.94. The zero-order valence-corrected chi connectivity index (χ0v) is 13.5. The van der Waals surface area contributed by atoms with Crippen molar-refractivity contribution in [2.75, 3.05) is 13.1 Å². The van der Waals surface area contributed by atoms with Crippen molar-refractivity contribution < 1.29 is 5.21 Å². The van der Waals surface area contributed by atoms with Crippen LogP contribution >= 0.6 is 11.3 Å². The van der Waals surface area contributed by atoms with Crippen LogP contribution in [0, 0.1) is 12.3 Å². The van der Waals surface area contributed by atoms with Gasteiger partial charge in [-0.3, -0.25) is 0 Å². The third-order valence-corrected chi connectivity index (χ3v) is 4.25. The Labute approximate surface area is 125 Å². The summed E-state index contributed by atoms with van der Waals surface area (Å²) >= 11 is 1.70. The number of thiazole rings is 1. The van der Waals surface area contributed by atoms with Gasteiger partial charge in [-0.25, -0.2) is 4.98 Å². The lowest BCUT2D eigenvalue weighted by atomic mass is 9.86. The normalized spacial score (nSPS) is 12.8. The summed E-state index contributed by atoms with van der Waals surface area (Å²) in [7, 11) is 0. The molecule has 0 radical (unpaired) electrons. The monoisotopic (exact) mass is 298 g/mol. The van der Waals surface area contributed by atoms with Gasteiger partial charge in [0.15, 0.2) is 0 Å². The minimum absolute atomic E-state index is 0.229. The van der Waals surface area contributed by atoms with E-state index in [1.807, 2.05) is 20.8 Å². The first-order chi connectivity index (χ1) is 9.45. The van der Waals surface area contributed by atoms with E-state index in [4.69, 9.17) is 10.9 Å². The summed E-state index contributed by atoms with van der Waals surface area (Å²) in [5.41, 5.74) is 6.60. The van der Waals surface area contributed by atoms with Crippen molar-refractivity contribution in [1.29, 1.82) is 0 Å². The predicted octanol–water partition coefficient (Wildman–Crippen LogP) is 2.53. The molecule has 0 aromatic carbocycles. The summed E-state index contributed by atoms with van der Waals surface area (Å²) in [6, 6.07) is 0. The van der Waals surface area contributed by atoms with Gasteiger partial charge in [-0.05, 0) is 26.3 Å². The van der Waals surface area contributed by atoms with Crippen molar-refractivity contribution in [3.63, 3.8) is 0 Å². The molecule has 0 bridgehead atoms. The molecule has 1 aromatic heterocycles. The van der Waals surface area contributed by atoms with Crippen molar-refractivity contribution in [3.05, 3.63) is 16.1 Å². The molecule has 1 rings (SSSR count). The molecule has 6 heteroatoms. The van der Waals surface area contributed by atoms with Gasteiger partial charge in [-0.1, -0.05) is 25.4 Å². The molecule has 0 aliphatic heterocycles. The molecule has 0 amide bonds. The molecular weight excluding hydrogens is 272 g/mol. The Hall–Kier alpha value is -1.14. The minimum atomic E-state index is -0.229. The third kappa shape index (κ3) is 5.88. The highest BCUT2D eigenvalue weighted by atomic mass is 32.1. The molecule has 0 saturated carbocycles. The smallest absolute Gasteiger partial charge is 0.144 e. The maximum absolute atomic E-state index is 8.70. The van der Waals surface area contributed by atoms with E-state index in [0.717, 1.165) is 43.8 Å². The molecule has 1 aromatic rings. The standard InChI is InChI=1S/C14H26N4OS/c1-11-17-12(10-20-11)6-9-16-8-5-4-7-14(2,3)13(15)18-19/h10,16,19H,4-9H2,1-3H3,(H2,15,18). The van der Waals surface area contributed by atoms with E-state index in [9.17, 15) is 0 Å². The van der Waals surface area contributed by atoms with E-state index in [2.05, 4.69) is 20.8 Å². The van der Waals surface area contributed by atoms with Crippen LogP contribution in [0.5, 0.6) is 0 Å². The molecule has 0 saturated heterocycles. The van der Waals surface area contributed by atoms with Crippen molar-refractivity contribution >= 4 is 17.2 Å². The third-order valence-electron chi connectivity index (χ3n) is 3.43. The lowest BCUT2D eigenvalue weighted by molar-refractivity contribution is 0.304. The van der Waals surface area contributed by atoms with Gasteiger partial charge in [0.25, 0.3) is 0 Å². The van der Waals surface area contributed by atoms with Gasteiger partial charge >= 0.3 is 0 Å². The van der Waals surface area contributed by atoms with E-state index in [-0.39, 0.29) is 5.41 Å². The number of hydrogen-bond donors (Lipinski definition) is 3. The lowest BCUT2D eigenvalue weighted by Crippen LogP contribution is -2.32. The number of nitrogens with one attached hydrogen (secondary N) is 1. The molecule has 20 heavy (non-hydrogen) atoms. The largest absolute Gasteiger partial charge is 0.409 e. The average molecular weight is 298 g/mol. The number of aromatic nitrogens is 1. The van der Waals surface area contributed by atoms with Crippen LogP contribution in [-0.2, 0) is 6.42 Å². The number of oxime groups is 1. The summed E-state index contributed by atoms with van der Waals surface area (Å²) < 4.78 is 0. The molecule has 0 aliphatic carbocycles. The summed E-state index contributed by atoms with van der Waals surface area (Å²) in [5.74, 6) is 0.310. The fourth-order valence-corrected chi connectivity index (χ4v) is 2.59. The number of aryl methyl sites for hydroxylation is 1. The van der Waals surface area contributed by atoms with Gasteiger partial charge in [0.1, 0.15) is 5.84 Å². The molecule has 0 spiro atoms. The second-order valence-corrected chi connectivity index (χ2v) is 6.75. The van der Waals surface area contributed by atoms with Crippen LogP contribution in [0.2, 0.25) is 0 Å². The van der Waals surface area contributed by atoms with Crippen LogP contribution in [0.4, 0.5) is 0 Å². The Bertz CT molecular complexity index is 429. The van der Waals surface area contributed by atoms with Gasteiger partial charge in [-0.2, -0.15) is 0 Å². The van der Waals surface area contributed by atoms with E-state index in [1.165, 1.54) is 5.69 Å². The number of nitrogens with two attached hydrogens (primary N) is 1. The van der Waals surface area contributed by atoms with Gasteiger partial charge < -0.3 is 16.3 Å². The molecule has 0 fully saturated rings. The van der Waals surface area contributed by atoms with Crippen LogP contribution in [0.1, 0.15) is 43.8 Å². The first-order valence-corrected chi connectivity index (χ1v) is 7.93. The summed E-state index contributed by atoms with van der Waals surface area (Å²) in [5, 5.41) is 18.5. The van der Waals surface area contributed by atoms with E-state index in [1.54, 1.807) is 11.3 Å². The average Bonchev–Trinajstić information content (AvgIpc) is 2.82. The van der Waals surface area contributed by atoms with Gasteiger partial charge in [0, 0.05) is 23.8 Å². The van der Waals surface area contributed by atoms with Crippen LogP contribution in [0.25, 0.3) is 0 Å². The number of rotatable bonds is 9. The molecule has 114 valence electrons. The maximum Gasteiger partial charge on any atom is 0.144 e. The number of nitrogens with zero attached hydrogens (tertiary/aromatic N) is 2. The second kappa shape index (κ2) is 8.21. The first-order valence-electron chi connectivity index (χ1n) is 7.05. The molecule has 0 atom stereocenters. The zero-order valence-electron chi connectivity index (χ0n) is 12.6. The summed E-state index contributed by atoms with van der Waals surface area (Å²) in [6.45, 7) is 7.99. The quantitative estimate of drug-likeness (QED) is 0.215. The van der Waals surface area contributed by atoms with E-state index >= 15 is 0 Å². The fraction of sp³-hybridized carbons (Fsp3) is 0.714. The molecule has 0 aliphatic rings. The molecule has 5 nitrogen and oxygen atoms in total. The SMILES string of the molecule is Cc1nc(CCNCCCCC(C)(C)C(N)=NO)cs1. The highest BCUT2D eigenvalue weighted by Crippen LogP contribution is 2.23. The lowest BCUT2D eigenvalue weighted by Gasteiger charge is -2.22. The first kappa shape index (κ1) is 16.9. The van der Waals surface area contributed by atoms with E-state index < -0.39 is 0 Å². The van der Waals surface area contributed by atoms with Crippen LogP contribution in [0.3, 0.4) is 0 Å². The second-order valence-electron chi connectivity index (χ2n) is 5.68. The highest BCUT2D eigenvalue weighted by Gasteiger charge is 2.22. The topological polar surface area (TPSA) is 83.5 Å². The van der Waals surface area contributed by atoms with Gasteiger partial charge in [-0.15, -0.1) is 11.3 Å².